The lowest BCUT2D eigenvalue weighted by Crippen LogP contribution is -2.57. The van der Waals surface area contributed by atoms with Crippen LogP contribution in [0.3, 0.4) is 0 Å². The number of carbonyl (C=O) groups is 1. The molecule has 3 aliphatic rings. The lowest BCUT2D eigenvalue weighted by molar-refractivity contribution is 0.0116. The molecule has 2 aromatic heterocycles. The third-order valence-corrected chi connectivity index (χ3v) is 6.60. The summed E-state index contributed by atoms with van der Waals surface area (Å²) >= 11 is 0. The summed E-state index contributed by atoms with van der Waals surface area (Å²) < 4.78 is 5.69. The maximum atomic E-state index is 12.9. The average Bonchev–Trinajstić information content (AvgIpc) is 3.70. The monoisotopic (exact) mass is 445 g/mol. The summed E-state index contributed by atoms with van der Waals surface area (Å²) in [6.45, 7) is 7.60. The lowest BCUT2D eigenvalue weighted by Gasteiger charge is -2.42. The highest BCUT2D eigenvalue weighted by atomic mass is 16.6. The molecule has 7 nitrogen and oxygen atoms in total. The number of pyridine rings is 2. The first-order valence-electron chi connectivity index (χ1n) is 11.9. The van der Waals surface area contributed by atoms with E-state index >= 15 is 0 Å². The number of rotatable bonds is 4. The SMILES string of the molecule is CC(C)(C)OC(=O)N1CCN(c2nc(C3CC3)c(-c3cccnc3)cc2C#N)C[C@H]1C1CC1. The highest BCUT2D eigenvalue weighted by Gasteiger charge is 2.43. The second kappa shape index (κ2) is 8.33. The smallest absolute Gasteiger partial charge is 0.410 e. The summed E-state index contributed by atoms with van der Waals surface area (Å²) in [6, 6.07) is 8.40. The molecule has 0 N–H and O–H groups in total. The quantitative estimate of drug-likeness (QED) is 0.677. The van der Waals surface area contributed by atoms with Crippen LogP contribution in [0.5, 0.6) is 0 Å². The van der Waals surface area contributed by atoms with Crippen LogP contribution in [0.4, 0.5) is 10.6 Å². The van der Waals surface area contributed by atoms with Crippen molar-refractivity contribution in [2.45, 2.75) is 64.0 Å². The zero-order chi connectivity index (χ0) is 23.2. The molecule has 0 bridgehead atoms. The minimum atomic E-state index is -0.515. The molecular formula is C26H31N5O2. The fraction of sp³-hybridized carbons (Fsp3) is 0.538. The molecule has 0 unspecified atom stereocenters. The minimum absolute atomic E-state index is 0.0873. The summed E-state index contributed by atoms with van der Waals surface area (Å²) in [4.78, 5) is 26.4. The number of aromatic nitrogens is 2. The number of nitriles is 1. The van der Waals surface area contributed by atoms with E-state index in [2.05, 4.69) is 16.0 Å². The number of carbonyl (C=O) groups excluding carboxylic acids is 1. The van der Waals surface area contributed by atoms with Crippen LogP contribution in [0.25, 0.3) is 11.1 Å². The van der Waals surface area contributed by atoms with Crippen LogP contribution in [0.1, 0.15) is 63.6 Å². The lowest BCUT2D eigenvalue weighted by atomic mass is 10.00. The van der Waals surface area contributed by atoms with Gasteiger partial charge in [0.05, 0.1) is 17.3 Å². The molecule has 33 heavy (non-hydrogen) atoms. The predicted octanol–water partition coefficient (Wildman–Crippen LogP) is 4.73. The number of nitrogens with zero attached hydrogens (tertiary/aromatic N) is 5. The molecule has 0 radical (unpaired) electrons. The highest BCUT2D eigenvalue weighted by molar-refractivity contribution is 5.73. The highest BCUT2D eigenvalue weighted by Crippen LogP contribution is 2.45. The Morgan fingerprint density at radius 3 is 2.61 bits per heavy atom. The second-order valence-corrected chi connectivity index (χ2v) is 10.4. The molecule has 1 aliphatic heterocycles. The van der Waals surface area contributed by atoms with Gasteiger partial charge in [-0.2, -0.15) is 5.26 Å². The molecule has 1 amide bonds. The van der Waals surface area contributed by atoms with Crippen molar-refractivity contribution in [1.29, 1.82) is 5.26 Å². The molecule has 3 heterocycles. The van der Waals surface area contributed by atoms with Gasteiger partial charge in [-0.15, -0.1) is 0 Å². The summed E-state index contributed by atoms with van der Waals surface area (Å²) in [6.07, 6.45) is 7.87. The molecule has 2 saturated carbocycles. The Morgan fingerprint density at radius 1 is 1.21 bits per heavy atom. The molecule has 7 heteroatoms. The zero-order valence-corrected chi connectivity index (χ0v) is 19.6. The number of hydrogen-bond donors (Lipinski definition) is 0. The van der Waals surface area contributed by atoms with E-state index in [0.29, 0.717) is 37.0 Å². The third-order valence-electron chi connectivity index (χ3n) is 6.60. The van der Waals surface area contributed by atoms with Crippen molar-refractivity contribution >= 4 is 11.9 Å². The first-order chi connectivity index (χ1) is 15.8. The van der Waals surface area contributed by atoms with Crippen molar-refractivity contribution in [1.82, 2.24) is 14.9 Å². The third kappa shape index (κ3) is 4.66. The van der Waals surface area contributed by atoms with Crippen LogP contribution < -0.4 is 4.90 Å². The van der Waals surface area contributed by atoms with Gasteiger partial charge in [0, 0.05) is 49.1 Å². The molecule has 2 aliphatic carbocycles. The van der Waals surface area contributed by atoms with E-state index < -0.39 is 5.60 Å². The minimum Gasteiger partial charge on any atom is -0.444 e. The molecule has 1 saturated heterocycles. The van der Waals surface area contributed by atoms with Crippen LogP contribution in [-0.2, 0) is 4.74 Å². The largest absolute Gasteiger partial charge is 0.444 e. The Balaban J connectivity index is 1.45. The van der Waals surface area contributed by atoms with Crippen molar-refractivity contribution in [3.05, 3.63) is 41.9 Å². The van der Waals surface area contributed by atoms with E-state index in [1.807, 2.05) is 50.1 Å². The fourth-order valence-electron chi connectivity index (χ4n) is 4.70. The van der Waals surface area contributed by atoms with Crippen molar-refractivity contribution < 1.29 is 9.53 Å². The topological polar surface area (TPSA) is 82.3 Å². The van der Waals surface area contributed by atoms with Crippen molar-refractivity contribution in [2.24, 2.45) is 5.92 Å². The van der Waals surface area contributed by atoms with E-state index in [4.69, 9.17) is 9.72 Å². The first-order valence-corrected chi connectivity index (χ1v) is 11.9. The molecule has 0 aromatic carbocycles. The summed E-state index contributed by atoms with van der Waals surface area (Å²) in [5.41, 5.74) is 3.14. The maximum Gasteiger partial charge on any atom is 0.410 e. The van der Waals surface area contributed by atoms with Crippen LogP contribution in [-0.4, -0.2) is 52.2 Å². The Labute approximate surface area is 195 Å². The van der Waals surface area contributed by atoms with Gasteiger partial charge >= 0.3 is 6.09 Å². The van der Waals surface area contributed by atoms with Crippen molar-refractivity contribution in [3.63, 3.8) is 0 Å². The second-order valence-electron chi connectivity index (χ2n) is 10.4. The van der Waals surface area contributed by atoms with Gasteiger partial charge in [-0.05, 0) is 64.5 Å². The maximum absolute atomic E-state index is 12.9. The number of ether oxygens (including phenoxy) is 1. The van der Waals surface area contributed by atoms with Crippen LogP contribution >= 0.6 is 0 Å². The van der Waals surface area contributed by atoms with Gasteiger partial charge in [-0.3, -0.25) is 4.98 Å². The van der Waals surface area contributed by atoms with Crippen LogP contribution in [0.15, 0.2) is 30.6 Å². The van der Waals surface area contributed by atoms with Crippen molar-refractivity contribution in [2.75, 3.05) is 24.5 Å². The van der Waals surface area contributed by atoms with E-state index in [1.54, 1.807) is 6.20 Å². The van der Waals surface area contributed by atoms with Gasteiger partial charge in [0.1, 0.15) is 17.5 Å². The number of piperazine rings is 1. The van der Waals surface area contributed by atoms with E-state index in [-0.39, 0.29) is 12.1 Å². The van der Waals surface area contributed by atoms with Gasteiger partial charge in [0.15, 0.2) is 0 Å². The van der Waals surface area contributed by atoms with Gasteiger partial charge < -0.3 is 14.5 Å². The normalized spacial score (nSPS) is 21.0. The number of amides is 1. The number of anilines is 1. The summed E-state index contributed by atoms with van der Waals surface area (Å²) in [7, 11) is 0. The molecule has 3 fully saturated rings. The molecule has 1 atom stereocenters. The Hall–Kier alpha value is -3.14. The van der Waals surface area contributed by atoms with E-state index in [9.17, 15) is 10.1 Å². The predicted molar refractivity (Wildman–Crippen MR) is 126 cm³/mol. The zero-order valence-electron chi connectivity index (χ0n) is 19.6. The number of hydrogen-bond acceptors (Lipinski definition) is 6. The Kier molecular flexibility index (Phi) is 5.48. The van der Waals surface area contributed by atoms with Gasteiger partial charge in [0.25, 0.3) is 0 Å². The standard InChI is InChI=1S/C26H31N5O2/c1-26(2,3)33-25(32)31-12-11-30(16-22(31)17-6-7-17)24-20(14-27)13-21(19-5-4-10-28-15-19)23(29-24)18-8-9-18/h4-5,10,13,15,17-18,22H,6-9,11-12,16H2,1-3H3/t22-/m0/s1. The Morgan fingerprint density at radius 2 is 2.00 bits per heavy atom. The molecule has 2 aromatic rings. The Bertz CT molecular complexity index is 1080. The van der Waals surface area contributed by atoms with Crippen LogP contribution in [0, 0.1) is 17.2 Å². The average molecular weight is 446 g/mol. The van der Waals surface area contributed by atoms with Gasteiger partial charge in [-0.1, -0.05) is 6.07 Å². The fourth-order valence-corrected chi connectivity index (χ4v) is 4.70. The first kappa shape index (κ1) is 21.7. The van der Waals surface area contributed by atoms with Gasteiger partial charge in [-0.25, -0.2) is 9.78 Å². The molecule has 0 spiro atoms. The van der Waals surface area contributed by atoms with E-state index in [1.165, 1.54) is 0 Å². The van der Waals surface area contributed by atoms with E-state index in [0.717, 1.165) is 48.3 Å². The summed E-state index contributed by atoms with van der Waals surface area (Å²) in [5, 5.41) is 10.0. The molecule has 172 valence electrons. The van der Waals surface area contributed by atoms with Gasteiger partial charge in [0.2, 0.25) is 0 Å². The van der Waals surface area contributed by atoms with Crippen molar-refractivity contribution in [3.8, 4) is 17.2 Å². The molecular weight excluding hydrogens is 414 g/mol. The molecule has 5 rings (SSSR count). The van der Waals surface area contributed by atoms with Crippen LogP contribution in [0.2, 0.25) is 0 Å². The summed E-state index contributed by atoms with van der Waals surface area (Å²) in [5.74, 6) is 1.68.